The lowest BCUT2D eigenvalue weighted by atomic mass is 10.1. The summed E-state index contributed by atoms with van der Waals surface area (Å²) in [6.45, 7) is 1.33. The minimum absolute atomic E-state index is 0.0995. The Bertz CT molecular complexity index is 240. The highest BCUT2D eigenvalue weighted by Gasteiger charge is 2.45. The number of carbonyl (C=O) groups excluding carboxylic acids is 1. The highest BCUT2D eigenvalue weighted by atomic mass is 16.5. The molecule has 1 heterocycles. The van der Waals surface area contributed by atoms with Crippen LogP contribution in [0.25, 0.3) is 0 Å². The summed E-state index contributed by atoms with van der Waals surface area (Å²) in [5.74, 6) is 0. The number of hydrogen-bond donors (Lipinski definition) is 0. The standard InChI is InChI=1S/C11H22N2O5/c1-15-5-9-10(6-16-2)13(8-18-4)11(14)12(9)7-17-3/h9-10H,5-8H2,1-4H3. The van der Waals surface area contributed by atoms with Crippen molar-refractivity contribution >= 4 is 6.03 Å². The molecule has 0 radical (unpaired) electrons. The van der Waals surface area contributed by atoms with E-state index < -0.39 is 0 Å². The van der Waals surface area contributed by atoms with Gasteiger partial charge in [0.15, 0.2) is 0 Å². The van der Waals surface area contributed by atoms with Crippen molar-refractivity contribution in [2.24, 2.45) is 0 Å². The Kier molecular flexibility index (Phi) is 6.34. The first-order valence-corrected chi connectivity index (χ1v) is 5.74. The molecule has 1 rings (SSSR count). The Balaban J connectivity index is 2.87. The molecule has 0 N–H and O–H groups in total. The Morgan fingerprint density at radius 3 is 1.50 bits per heavy atom. The van der Waals surface area contributed by atoms with Gasteiger partial charge in [0.25, 0.3) is 0 Å². The molecule has 7 heteroatoms. The molecule has 7 nitrogen and oxygen atoms in total. The summed E-state index contributed by atoms with van der Waals surface area (Å²) in [7, 11) is 6.33. The zero-order valence-corrected chi connectivity index (χ0v) is 11.4. The predicted octanol–water partition coefficient (Wildman–Crippen LogP) is -0.0382. The average Bonchev–Trinajstić information content (AvgIpc) is 2.58. The van der Waals surface area contributed by atoms with Crippen molar-refractivity contribution in [1.29, 1.82) is 0 Å². The van der Waals surface area contributed by atoms with Gasteiger partial charge in [0.2, 0.25) is 0 Å². The summed E-state index contributed by atoms with van der Waals surface area (Å²) in [6.07, 6.45) is 0. The van der Waals surface area contributed by atoms with Gasteiger partial charge in [-0.1, -0.05) is 0 Å². The van der Waals surface area contributed by atoms with Gasteiger partial charge in [0, 0.05) is 28.4 Å². The molecule has 1 aliphatic heterocycles. The summed E-state index contributed by atoms with van der Waals surface area (Å²) >= 11 is 0. The topological polar surface area (TPSA) is 60.5 Å². The Labute approximate surface area is 108 Å². The van der Waals surface area contributed by atoms with Gasteiger partial charge in [0.05, 0.1) is 25.3 Å². The minimum atomic E-state index is -0.122. The lowest BCUT2D eigenvalue weighted by Gasteiger charge is -2.26. The second-order valence-corrected chi connectivity index (χ2v) is 4.10. The van der Waals surface area contributed by atoms with E-state index in [1.54, 1.807) is 38.2 Å². The maximum atomic E-state index is 12.2. The van der Waals surface area contributed by atoms with Gasteiger partial charge in [-0.2, -0.15) is 0 Å². The Morgan fingerprint density at radius 1 is 0.833 bits per heavy atom. The van der Waals surface area contributed by atoms with E-state index in [2.05, 4.69) is 0 Å². The van der Waals surface area contributed by atoms with Crippen LogP contribution in [0, 0.1) is 0 Å². The highest BCUT2D eigenvalue weighted by molar-refractivity contribution is 5.77. The second-order valence-electron chi connectivity index (χ2n) is 4.10. The minimum Gasteiger partial charge on any atom is -0.382 e. The molecule has 0 aromatic carbocycles. The second kappa shape index (κ2) is 7.52. The summed E-state index contributed by atoms with van der Waals surface area (Å²) in [6, 6.07) is -0.321. The van der Waals surface area contributed by atoms with Crippen LogP contribution in [0.15, 0.2) is 0 Å². The maximum Gasteiger partial charge on any atom is 0.324 e. The first-order chi connectivity index (χ1) is 8.71. The molecule has 106 valence electrons. The molecule has 2 unspecified atom stereocenters. The van der Waals surface area contributed by atoms with Crippen molar-refractivity contribution in [3.8, 4) is 0 Å². The molecule has 0 aromatic heterocycles. The Morgan fingerprint density at radius 2 is 1.22 bits per heavy atom. The van der Waals surface area contributed by atoms with Gasteiger partial charge in [0.1, 0.15) is 13.5 Å². The van der Waals surface area contributed by atoms with Gasteiger partial charge in [-0.3, -0.25) is 9.80 Å². The first kappa shape index (κ1) is 15.2. The molecule has 0 saturated carbocycles. The fraction of sp³-hybridized carbons (Fsp3) is 0.909. The number of amides is 2. The third-order valence-corrected chi connectivity index (χ3v) is 2.95. The Hall–Kier alpha value is -0.890. The van der Waals surface area contributed by atoms with Crippen LogP contribution >= 0.6 is 0 Å². The van der Waals surface area contributed by atoms with Crippen molar-refractivity contribution in [1.82, 2.24) is 9.80 Å². The van der Waals surface area contributed by atoms with Crippen LogP contribution < -0.4 is 0 Å². The molecule has 0 spiro atoms. The van der Waals surface area contributed by atoms with E-state index in [1.165, 1.54) is 0 Å². The zero-order valence-electron chi connectivity index (χ0n) is 11.4. The van der Waals surface area contributed by atoms with Crippen molar-refractivity contribution in [3.05, 3.63) is 0 Å². The lowest BCUT2D eigenvalue weighted by molar-refractivity contribution is 0.0195. The molecule has 1 fully saturated rings. The van der Waals surface area contributed by atoms with Crippen LogP contribution in [-0.4, -0.2) is 83.0 Å². The van der Waals surface area contributed by atoms with E-state index in [-0.39, 0.29) is 31.6 Å². The van der Waals surface area contributed by atoms with E-state index in [0.29, 0.717) is 13.2 Å². The molecule has 1 aliphatic rings. The highest BCUT2D eigenvalue weighted by Crippen LogP contribution is 2.23. The zero-order chi connectivity index (χ0) is 13.5. The molecule has 2 amide bonds. The number of carbonyl (C=O) groups is 1. The predicted molar refractivity (Wildman–Crippen MR) is 64.2 cm³/mol. The van der Waals surface area contributed by atoms with Gasteiger partial charge in [-0.15, -0.1) is 0 Å². The van der Waals surface area contributed by atoms with E-state index in [4.69, 9.17) is 18.9 Å². The van der Waals surface area contributed by atoms with E-state index in [1.807, 2.05) is 0 Å². The van der Waals surface area contributed by atoms with Crippen LogP contribution in [0.2, 0.25) is 0 Å². The van der Waals surface area contributed by atoms with Crippen molar-refractivity contribution in [2.75, 3.05) is 55.1 Å². The van der Waals surface area contributed by atoms with Gasteiger partial charge in [-0.05, 0) is 0 Å². The maximum absolute atomic E-state index is 12.2. The van der Waals surface area contributed by atoms with Crippen molar-refractivity contribution in [2.45, 2.75) is 12.1 Å². The summed E-state index contributed by atoms with van der Waals surface area (Å²) in [5.41, 5.74) is 0. The number of hydrogen-bond acceptors (Lipinski definition) is 5. The van der Waals surface area contributed by atoms with E-state index in [0.717, 1.165) is 0 Å². The van der Waals surface area contributed by atoms with Crippen LogP contribution in [-0.2, 0) is 18.9 Å². The van der Waals surface area contributed by atoms with Gasteiger partial charge >= 0.3 is 6.03 Å². The number of rotatable bonds is 8. The van der Waals surface area contributed by atoms with Crippen LogP contribution in [0.3, 0.4) is 0 Å². The molecule has 18 heavy (non-hydrogen) atoms. The van der Waals surface area contributed by atoms with Crippen LogP contribution in [0.4, 0.5) is 4.79 Å². The van der Waals surface area contributed by atoms with Crippen LogP contribution in [0.1, 0.15) is 0 Å². The SMILES string of the molecule is COCC1C(COC)N(COC)C(=O)N1COC. The lowest BCUT2D eigenvalue weighted by Crippen LogP contribution is -2.44. The smallest absolute Gasteiger partial charge is 0.324 e. The van der Waals surface area contributed by atoms with Crippen molar-refractivity contribution < 1.29 is 23.7 Å². The first-order valence-electron chi connectivity index (χ1n) is 5.74. The fourth-order valence-corrected chi connectivity index (χ4v) is 2.19. The molecule has 2 atom stereocenters. The quantitative estimate of drug-likeness (QED) is 0.614. The summed E-state index contributed by atoms with van der Waals surface area (Å²) in [5, 5.41) is 0. The molecule has 0 aliphatic carbocycles. The molecule has 1 saturated heterocycles. The largest absolute Gasteiger partial charge is 0.382 e. The summed E-state index contributed by atoms with van der Waals surface area (Å²) in [4.78, 5) is 15.5. The third kappa shape index (κ3) is 3.11. The average molecular weight is 262 g/mol. The molecular formula is C11H22N2O5. The van der Waals surface area contributed by atoms with Crippen LogP contribution in [0.5, 0.6) is 0 Å². The third-order valence-electron chi connectivity index (χ3n) is 2.95. The number of nitrogens with zero attached hydrogens (tertiary/aromatic N) is 2. The van der Waals surface area contributed by atoms with E-state index >= 15 is 0 Å². The molecular weight excluding hydrogens is 240 g/mol. The number of ether oxygens (including phenoxy) is 4. The number of urea groups is 1. The van der Waals surface area contributed by atoms with Gasteiger partial charge in [-0.25, -0.2) is 4.79 Å². The molecule has 0 bridgehead atoms. The number of methoxy groups -OCH3 is 4. The normalized spacial score (nSPS) is 24.1. The fourth-order valence-electron chi connectivity index (χ4n) is 2.19. The van der Waals surface area contributed by atoms with E-state index in [9.17, 15) is 4.79 Å². The summed E-state index contributed by atoms with van der Waals surface area (Å²) < 4.78 is 20.5. The van der Waals surface area contributed by atoms with Gasteiger partial charge < -0.3 is 18.9 Å². The monoisotopic (exact) mass is 262 g/mol. The molecule has 0 aromatic rings. The van der Waals surface area contributed by atoms with Crippen molar-refractivity contribution in [3.63, 3.8) is 0 Å².